The van der Waals surface area contributed by atoms with E-state index in [2.05, 4.69) is 42.6 Å². The maximum atomic E-state index is 12.6. The zero-order chi connectivity index (χ0) is 42.0. The SMILES string of the molecule is CO[C@@H]1[C@H](O)[C@@H](COP(=O)([O-])NP(=O)(O)OP(=O)(O)OP(=O)(O)OC[C@H]2O[C@@H](n3cnc4c(=O)[nH]c(N)nc43)[C@H](O)[C@@H]2O)O[C@H]1[n+]1cn(C)c2c(=O)[nH]c(N)nc21.N.N.N. The number of fused-ring (bicyclic) bond motifs is 2. The van der Waals surface area contributed by atoms with Crippen LogP contribution in [-0.2, 0) is 57.2 Å². The molecule has 60 heavy (non-hydrogen) atoms. The van der Waals surface area contributed by atoms with E-state index in [9.17, 15) is 62.7 Å². The van der Waals surface area contributed by atoms with Gasteiger partial charge in [0.15, 0.2) is 23.7 Å². The van der Waals surface area contributed by atoms with Gasteiger partial charge in [-0.2, -0.15) is 18.5 Å². The number of imidazole rings is 2. The number of nitrogens with zero attached hydrogens (tertiary/aromatic N) is 6. The number of aliphatic hydroxyl groups excluding tert-OH is 3. The molecule has 0 amide bonds. The van der Waals surface area contributed by atoms with Crippen molar-refractivity contribution in [1.82, 2.24) is 57.4 Å². The molecule has 4 aromatic heterocycles. The number of anilines is 2. The Balaban J connectivity index is 0.00000320. The van der Waals surface area contributed by atoms with Gasteiger partial charge in [0.1, 0.15) is 36.6 Å². The average molecular weight is 947 g/mol. The van der Waals surface area contributed by atoms with Gasteiger partial charge < -0.3 is 83.5 Å². The number of aryl methyl sites for hydroxylation is 1. The number of nitrogens with two attached hydrogens (primary N) is 2. The number of ether oxygens (including phenoxy) is 3. The van der Waals surface area contributed by atoms with E-state index in [-0.39, 0.29) is 52.7 Å². The van der Waals surface area contributed by atoms with Crippen molar-refractivity contribution < 1.29 is 89.6 Å². The van der Waals surface area contributed by atoms with Gasteiger partial charge >= 0.3 is 29.0 Å². The van der Waals surface area contributed by atoms with Gasteiger partial charge in [-0.1, -0.05) is 4.98 Å². The number of rotatable bonds is 15. The maximum Gasteiger partial charge on any atom is 0.489 e. The zero-order valence-corrected chi connectivity index (χ0v) is 34.4. The van der Waals surface area contributed by atoms with Crippen molar-refractivity contribution in [2.24, 2.45) is 7.05 Å². The number of nitrogen functional groups attached to an aromatic ring is 2. The molecule has 12 atom stereocenters. The first-order valence-electron chi connectivity index (χ1n) is 15.6. The Bertz CT molecular complexity index is 2500. The Hall–Kier alpha value is -3.50. The molecule has 0 aliphatic carbocycles. The van der Waals surface area contributed by atoms with Crippen LogP contribution in [0.15, 0.2) is 22.2 Å². The third-order valence-electron chi connectivity index (χ3n) is 8.19. The summed E-state index contributed by atoms with van der Waals surface area (Å²) in [4.78, 5) is 84.2. The minimum atomic E-state index is -6.20. The van der Waals surface area contributed by atoms with E-state index in [1.54, 1.807) is 0 Å². The van der Waals surface area contributed by atoms with E-state index in [1.807, 2.05) is 0 Å². The molecule has 38 heteroatoms. The van der Waals surface area contributed by atoms with Gasteiger partial charge in [0.25, 0.3) is 17.1 Å². The molecule has 0 aromatic carbocycles. The Morgan fingerprint density at radius 2 is 1.50 bits per heavy atom. The van der Waals surface area contributed by atoms with Crippen LogP contribution in [0, 0.1) is 0 Å². The van der Waals surface area contributed by atoms with E-state index in [4.69, 9.17) is 25.7 Å². The zero-order valence-electron chi connectivity index (χ0n) is 30.8. The highest BCUT2D eigenvalue weighted by atomic mass is 31.3. The van der Waals surface area contributed by atoms with Crippen LogP contribution in [0.1, 0.15) is 12.5 Å². The number of phosphoric ester groups is 1. The summed E-state index contributed by atoms with van der Waals surface area (Å²) in [5, 5.41) is 31.8. The van der Waals surface area contributed by atoms with Crippen LogP contribution in [-0.4, -0.2) is 121 Å². The largest absolute Gasteiger partial charge is 0.766 e. The van der Waals surface area contributed by atoms with E-state index >= 15 is 0 Å². The number of hydrogen-bond donors (Lipinski definition) is 14. The van der Waals surface area contributed by atoms with Crippen molar-refractivity contribution in [3.8, 4) is 0 Å². The Labute approximate surface area is 333 Å². The first kappa shape index (κ1) is 50.9. The summed E-state index contributed by atoms with van der Waals surface area (Å²) in [6, 6.07) is 0. The first-order chi connectivity index (χ1) is 26.4. The van der Waals surface area contributed by atoms with E-state index in [1.165, 1.54) is 29.6 Å². The standard InChI is InChI=1S/C22H33N11O20P4.3H3N/c1-31-6-33(16-10(31)18(38)29-22(24)27-16)20-14(47-2)12(35)8(51-20)3-48-54(39,40)30-55(41,42)52-57(45,46)53-56(43,44)49-4-7-11(34)13(36)19(50-7)32-5-25-9-15(32)26-21(23)28-17(9)37;;;/h5-8,11-14,19-20,34-36H,3-4H2,1-2H3,(H10-,23,24,26,27,28,29,30,37,38,39,40,41,42,43,44,45,46);3*1H3/t7-,8-,11-,12-,13-,14-,19-,20-;;;/m1.../s1. The molecule has 0 radical (unpaired) electrons. The lowest BCUT2D eigenvalue weighted by Gasteiger charge is -2.28. The number of phosphoric acid groups is 2. The molecule has 340 valence electrons. The van der Waals surface area contributed by atoms with Crippen molar-refractivity contribution in [1.29, 1.82) is 0 Å². The highest BCUT2D eigenvalue weighted by molar-refractivity contribution is 7.72. The van der Waals surface area contributed by atoms with E-state index in [0.29, 0.717) is 0 Å². The van der Waals surface area contributed by atoms with Gasteiger partial charge in [0.2, 0.25) is 25.4 Å². The van der Waals surface area contributed by atoms with Gasteiger partial charge in [-0.15, -0.1) is 0 Å². The van der Waals surface area contributed by atoms with Gasteiger partial charge in [0, 0.05) is 7.11 Å². The summed E-state index contributed by atoms with van der Waals surface area (Å²) >= 11 is 0. The highest BCUT2D eigenvalue weighted by Gasteiger charge is 2.50. The summed E-state index contributed by atoms with van der Waals surface area (Å²) in [6.45, 7) is -2.24. The number of aromatic amines is 2. The molecule has 0 saturated carbocycles. The second-order valence-corrected chi connectivity index (χ2v) is 18.7. The number of methoxy groups -OCH3 is 1. The van der Waals surface area contributed by atoms with Crippen molar-refractivity contribution in [3.05, 3.63) is 33.4 Å². The number of nitrogens with one attached hydrogen (secondary N) is 3. The predicted octanol–water partition coefficient (Wildman–Crippen LogP) is -4.35. The van der Waals surface area contributed by atoms with Crippen molar-refractivity contribution in [2.45, 2.75) is 49.1 Å². The lowest BCUT2D eigenvalue weighted by molar-refractivity contribution is -0.746. The number of H-pyrrole nitrogens is 2. The highest BCUT2D eigenvalue weighted by Crippen LogP contribution is 2.68. The number of hydrogen-bond acceptors (Lipinski definition) is 25. The predicted molar refractivity (Wildman–Crippen MR) is 194 cm³/mol. The molecule has 34 nitrogen and oxygen atoms in total. The maximum absolute atomic E-state index is 12.6. The average Bonchev–Trinajstić information content (AvgIpc) is 3.80. The van der Waals surface area contributed by atoms with Crippen LogP contribution in [0.2, 0.25) is 0 Å². The Morgan fingerprint density at radius 1 is 0.900 bits per heavy atom. The summed E-state index contributed by atoms with van der Waals surface area (Å²) in [5.74, 6) is -0.596. The molecule has 2 saturated heterocycles. The van der Waals surface area contributed by atoms with Crippen molar-refractivity contribution >= 4 is 65.4 Å². The molecule has 0 bridgehead atoms. The molecular formula is C22H42N14O20P4. The van der Waals surface area contributed by atoms with Crippen LogP contribution in [0.4, 0.5) is 11.9 Å². The summed E-state index contributed by atoms with van der Waals surface area (Å²) in [5.41, 5.74) is 9.44. The summed E-state index contributed by atoms with van der Waals surface area (Å²) < 4.78 is 87.1. The van der Waals surface area contributed by atoms with Gasteiger partial charge in [0.05, 0.1) is 26.6 Å². The van der Waals surface area contributed by atoms with Gasteiger partial charge in [-0.05, 0) is 0 Å². The molecule has 4 aromatic rings. The molecular weight excluding hydrogens is 904 g/mol. The van der Waals surface area contributed by atoms with Crippen molar-refractivity contribution in [3.63, 3.8) is 0 Å². The van der Waals surface area contributed by atoms with Gasteiger partial charge in [-0.25, -0.2) is 23.2 Å². The summed E-state index contributed by atoms with van der Waals surface area (Å²) in [7, 11) is -21.2. The second kappa shape index (κ2) is 18.5. The van der Waals surface area contributed by atoms with Crippen LogP contribution in [0.5, 0.6) is 0 Å². The van der Waals surface area contributed by atoms with Crippen LogP contribution in [0.25, 0.3) is 22.3 Å². The Morgan fingerprint density at radius 3 is 2.15 bits per heavy atom. The quantitative estimate of drug-likeness (QED) is 0.0395. The monoisotopic (exact) mass is 946 g/mol. The third-order valence-corrected chi connectivity index (χ3v) is 14.5. The Kier molecular flexibility index (Phi) is 15.6. The fourth-order valence-electron chi connectivity index (χ4n) is 5.87. The molecule has 2 fully saturated rings. The first-order valence-corrected chi connectivity index (χ1v) is 21.7. The normalized spacial score (nSPS) is 28.1. The van der Waals surface area contributed by atoms with Gasteiger partial charge in [-0.3, -0.25) is 37.8 Å². The minimum absolute atomic E-state index is 0. The lowest BCUT2D eigenvalue weighted by Crippen LogP contribution is -2.47. The summed E-state index contributed by atoms with van der Waals surface area (Å²) in [6.07, 6.45) is -10.2. The molecule has 0 spiro atoms. The number of aromatic nitrogens is 8. The molecule has 2 aliphatic rings. The van der Waals surface area contributed by atoms with Crippen LogP contribution < -0.4 is 55.4 Å². The molecule has 4 unspecified atom stereocenters. The smallest absolute Gasteiger partial charge is 0.489 e. The van der Waals surface area contributed by atoms with Crippen LogP contribution in [0.3, 0.4) is 0 Å². The molecule has 2 aliphatic heterocycles. The van der Waals surface area contributed by atoms with Crippen molar-refractivity contribution in [2.75, 3.05) is 31.8 Å². The van der Waals surface area contributed by atoms with E-state index < -0.39 is 105 Å². The lowest BCUT2D eigenvalue weighted by atomic mass is 10.1. The molecule has 6 heterocycles. The fourth-order valence-corrected chi connectivity index (χ4v) is 11.2. The molecule has 6 rings (SSSR count). The fraction of sp³-hybridized carbons (Fsp3) is 0.545. The second-order valence-electron chi connectivity index (χ2n) is 12.1. The van der Waals surface area contributed by atoms with Crippen LogP contribution >= 0.6 is 31.1 Å². The number of aliphatic hydroxyl groups is 3. The van der Waals surface area contributed by atoms with E-state index in [0.717, 1.165) is 15.8 Å². The third kappa shape index (κ3) is 10.6. The minimum Gasteiger partial charge on any atom is -0.766 e. The topological polar surface area (TPSA) is 565 Å². The molecule has 22 N–H and O–H groups in total.